The number of nitro benzene ring substituents is 1. The second kappa shape index (κ2) is 7.76. The molecule has 24 heavy (non-hydrogen) atoms. The van der Waals surface area contributed by atoms with Crippen LogP contribution in [0.5, 0.6) is 0 Å². The number of nitrogen functional groups attached to an aromatic ring is 1. The Morgan fingerprint density at radius 3 is 2.12 bits per heavy atom. The summed E-state index contributed by atoms with van der Waals surface area (Å²) < 4.78 is 5.18. The molecule has 1 aromatic carbocycles. The first kappa shape index (κ1) is 19.4. The van der Waals surface area contributed by atoms with Gasteiger partial charge in [0.05, 0.1) is 16.2 Å². The van der Waals surface area contributed by atoms with Crippen LogP contribution >= 0.6 is 0 Å². The number of ether oxygens (including phenoxy) is 1. The Kier molecular flexibility index (Phi) is 6.27. The van der Waals surface area contributed by atoms with Crippen molar-refractivity contribution in [2.75, 3.05) is 5.73 Å². The monoisotopic (exact) mass is 337 g/mol. The van der Waals surface area contributed by atoms with E-state index in [1.54, 1.807) is 4.90 Å². The lowest BCUT2D eigenvalue weighted by atomic mass is 10.1. The first-order chi connectivity index (χ1) is 11.1. The van der Waals surface area contributed by atoms with Gasteiger partial charge in [-0.05, 0) is 40.7 Å². The van der Waals surface area contributed by atoms with Crippen LogP contribution < -0.4 is 5.73 Å². The molecule has 1 rings (SSSR count). The number of non-ortho nitro benzene ring substituents is 1. The average molecular weight is 337 g/mol. The maximum absolute atomic E-state index is 12.4. The molecule has 0 aromatic heterocycles. The van der Waals surface area contributed by atoms with Crippen LogP contribution in [0.3, 0.4) is 0 Å². The van der Waals surface area contributed by atoms with E-state index in [4.69, 9.17) is 10.5 Å². The Morgan fingerprint density at radius 2 is 1.71 bits per heavy atom. The highest BCUT2D eigenvalue weighted by atomic mass is 16.6. The third-order valence-corrected chi connectivity index (χ3v) is 3.46. The van der Waals surface area contributed by atoms with E-state index in [1.807, 2.05) is 27.7 Å². The number of hydrogen-bond acceptors (Lipinski definition) is 6. The minimum atomic E-state index is -0.989. The second-order valence-corrected chi connectivity index (χ2v) is 6.01. The molecule has 8 nitrogen and oxygen atoms in total. The van der Waals surface area contributed by atoms with Gasteiger partial charge in [-0.2, -0.15) is 0 Å². The number of benzene rings is 1. The van der Waals surface area contributed by atoms with Crippen LogP contribution in [0.25, 0.3) is 0 Å². The summed E-state index contributed by atoms with van der Waals surface area (Å²) in [5, 5.41) is 10.7. The summed E-state index contributed by atoms with van der Waals surface area (Å²) in [5.41, 5.74) is 5.36. The Morgan fingerprint density at radius 1 is 1.17 bits per heavy atom. The van der Waals surface area contributed by atoms with Gasteiger partial charge in [-0.3, -0.25) is 14.9 Å². The maximum Gasteiger partial charge on any atom is 0.341 e. The first-order valence-corrected chi connectivity index (χ1v) is 7.63. The zero-order valence-corrected chi connectivity index (χ0v) is 14.5. The summed E-state index contributed by atoms with van der Waals surface area (Å²) in [5.74, 6) is -1.11. The number of carbonyl (C=O) groups excluding carboxylic acids is 2. The number of nitrogens with two attached hydrogens (primary N) is 1. The molecule has 2 N–H and O–H groups in total. The standard InChI is InChI=1S/C16H23N3O5/c1-9(2)18(10(3)4)15(20)11(5)24-16(21)13-7-6-12(19(22)23)8-14(13)17/h6-11H,17H2,1-5H3/t11-/m0/s1. The maximum atomic E-state index is 12.4. The number of nitrogens with zero attached hydrogens (tertiary/aromatic N) is 2. The van der Waals surface area contributed by atoms with Gasteiger partial charge in [-0.25, -0.2) is 4.79 Å². The normalized spacial score (nSPS) is 12.1. The molecule has 0 saturated heterocycles. The lowest BCUT2D eigenvalue weighted by Gasteiger charge is -2.32. The zero-order valence-electron chi connectivity index (χ0n) is 14.5. The van der Waals surface area contributed by atoms with Crippen LogP contribution in [0.4, 0.5) is 11.4 Å². The minimum Gasteiger partial charge on any atom is -0.449 e. The molecule has 0 unspecified atom stereocenters. The van der Waals surface area contributed by atoms with Gasteiger partial charge >= 0.3 is 5.97 Å². The SMILES string of the molecule is CC(C)N(C(=O)[C@H](C)OC(=O)c1ccc([N+](=O)[O-])cc1N)C(C)C. The van der Waals surface area contributed by atoms with Gasteiger partial charge in [-0.1, -0.05) is 0 Å². The smallest absolute Gasteiger partial charge is 0.341 e. The highest BCUT2D eigenvalue weighted by molar-refractivity contribution is 5.97. The topological polar surface area (TPSA) is 116 Å². The summed E-state index contributed by atoms with van der Waals surface area (Å²) >= 11 is 0. The minimum absolute atomic E-state index is 0.0131. The van der Waals surface area contributed by atoms with Crippen LogP contribution in [0, 0.1) is 10.1 Å². The van der Waals surface area contributed by atoms with E-state index in [-0.39, 0.29) is 34.9 Å². The Balaban J connectivity index is 2.91. The van der Waals surface area contributed by atoms with Crippen LogP contribution in [-0.4, -0.2) is 39.9 Å². The molecule has 0 heterocycles. The third kappa shape index (κ3) is 4.43. The van der Waals surface area contributed by atoms with Crippen molar-refractivity contribution >= 4 is 23.3 Å². The molecule has 0 radical (unpaired) electrons. The van der Waals surface area contributed by atoms with Gasteiger partial charge in [0.25, 0.3) is 11.6 Å². The molecule has 0 aliphatic heterocycles. The van der Waals surface area contributed by atoms with Crippen LogP contribution in [-0.2, 0) is 9.53 Å². The van der Waals surface area contributed by atoms with E-state index in [0.717, 1.165) is 12.1 Å². The number of carbonyl (C=O) groups is 2. The van der Waals surface area contributed by atoms with E-state index >= 15 is 0 Å². The molecular weight excluding hydrogens is 314 g/mol. The summed E-state index contributed by atoms with van der Waals surface area (Å²) in [6, 6.07) is 3.38. The van der Waals surface area contributed by atoms with Crippen molar-refractivity contribution in [3.05, 3.63) is 33.9 Å². The molecule has 0 aliphatic rings. The Hall–Kier alpha value is -2.64. The van der Waals surface area contributed by atoms with Crippen molar-refractivity contribution < 1.29 is 19.2 Å². The van der Waals surface area contributed by atoms with E-state index in [9.17, 15) is 19.7 Å². The Labute approximate surface area is 140 Å². The Bertz CT molecular complexity index is 635. The van der Waals surface area contributed by atoms with Gasteiger partial charge in [-0.15, -0.1) is 0 Å². The van der Waals surface area contributed by atoms with Crippen molar-refractivity contribution in [2.24, 2.45) is 0 Å². The fourth-order valence-corrected chi connectivity index (χ4v) is 2.44. The number of rotatable bonds is 6. The van der Waals surface area contributed by atoms with Gasteiger partial charge in [0.2, 0.25) is 0 Å². The van der Waals surface area contributed by atoms with E-state index < -0.39 is 17.0 Å². The number of amides is 1. The van der Waals surface area contributed by atoms with Crippen molar-refractivity contribution in [1.82, 2.24) is 4.90 Å². The van der Waals surface area contributed by atoms with Crippen molar-refractivity contribution in [3.63, 3.8) is 0 Å². The number of nitro groups is 1. The highest BCUT2D eigenvalue weighted by Crippen LogP contribution is 2.21. The first-order valence-electron chi connectivity index (χ1n) is 7.63. The average Bonchev–Trinajstić information content (AvgIpc) is 2.45. The number of esters is 1. The molecule has 1 aromatic rings. The molecule has 8 heteroatoms. The summed E-state index contributed by atoms with van der Waals surface area (Å²) in [4.78, 5) is 36.3. The predicted molar refractivity (Wildman–Crippen MR) is 89.5 cm³/mol. The van der Waals surface area contributed by atoms with Crippen LogP contribution in [0.1, 0.15) is 45.0 Å². The summed E-state index contributed by atoms with van der Waals surface area (Å²) in [6.45, 7) is 8.99. The van der Waals surface area contributed by atoms with Gasteiger partial charge < -0.3 is 15.4 Å². The molecule has 1 atom stereocenters. The molecule has 0 bridgehead atoms. The molecule has 0 saturated carbocycles. The molecular formula is C16H23N3O5. The number of anilines is 1. The van der Waals surface area contributed by atoms with Gasteiger partial charge in [0.15, 0.2) is 6.10 Å². The van der Waals surface area contributed by atoms with Crippen molar-refractivity contribution in [2.45, 2.75) is 52.8 Å². The zero-order chi connectivity index (χ0) is 18.6. The molecule has 0 fully saturated rings. The molecule has 1 amide bonds. The predicted octanol–water partition coefficient (Wildman–Crippen LogP) is 2.37. The fraction of sp³-hybridized carbons (Fsp3) is 0.500. The second-order valence-electron chi connectivity index (χ2n) is 6.01. The summed E-state index contributed by atoms with van der Waals surface area (Å²) in [6.07, 6.45) is -0.989. The largest absolute Gasteiger partial charge is 0.449 e. The van der Waals surface area contributed by atoms with Gasteiger partial charge in [0, 0.05) is 24.2 Å². The lowest BCUT2D eigenvalue weighted by molar-refractivity contribution is -0.384. The van der Waals surface area contributed by atoms with E-state index in [0.29, 0.717) is 0 Å². The highest BCUT2D eigenvalue weighted by Gasteiger charge is 2.28. The van der Waals surface area contributed by atoms with E-state index in [1.165, 1.54) is 13.0 Å². The number of hydrogen-bond donors (Lipinski definition) is 1. The summed E-state index contributed by atoms with van der Waals surface area (Å²) in [7, 11) is 0. The van der Waals surface area contributed by atoms with Crippen molar-refractivity contribution in [3.8, 4) is 0 Å². The lowest BCUT2D eigenvalue weighted by Crippen LogP contribution is -2.47. The molecule has 0 aliphatic carbocycles. The molecule has 0 spiro atoms. The van der Waals surface area contributed by atoms with Crippen LogP contribution in [0.15, 0.2) is 18.2 Å². The molecule has 132 valence electrons. The van der Waals surface area contributed by atoms with Gasteiger partial charge in [0.1, 0.15) is 0 Å². The quantitative estimate of drug-likeness (QED) is 0.369. The van der Waals surface area contributed by atoms with E-state index in [2.05, 4.69) is 0 Å². The fourth-order valence-electron chi connectivity index (χ4n) is 2.44. The third-order valence-electron chi connectivity index (χ3n) is 3.46. The van der Waals surface area contributed by atoms with Crippen molar-refractivity contribution in [1.29, 1.82) is 0 Å². The van der Waals surface area contributed by atoms with Crippen LogP contribution in [0.2, 0.25) is 0 Å².